The number of ether oxygens (including phenoxy) is 1. The molecule has 5 rings (SSSR count). The van der Waals surface area contributed by atoms with Crippen LogP contribution in [0.15, 0.2) is 59.6 Å². The van der Waals surface area contributed by atoms with Crippen LogP contribution in [0.2, 0.25) is 0 Å². The molecule has 0 spiro atoms. The molecule has 0 radical (unpaired) electrons. The maximum atomic E-state index is 13.4. The van der Waals surface area contributed by atoms with Crippen LogP contribution in [-0.2, 0) is 14.6 Å². The number of rotatable bonds is 6. The van der Waals surface area contributed by atoms with E-state index in [1.54, 1.807) is 10.8 Å². The van der Waals surface area contributed by atoms with Crippen LogP contribution in [0.4, 0.5) is 0 Å². The third kappa shape index (κ3) is 5.37. The molecule has 10 heteroatoms. The Morgan fingerprint density at radius 1 is 1.19 bits per heavy atom. The minimum Gasteiger partial charge on any atom is -0.491 e. The van der Waals surface area contributed by atoms with E-state index in [-0.39, 0.29) is 23.5 Å². The monoisotopic (exact) mass is 553 g/mol. The van der Waals surface area contributed by atoms with Gasteiger partial charge in [-0.1, -0.05) is 42.2 Å². The Bertz CT molecular complexity index is 1510. The molecule has 37 heavy (non-hydrogen) atoms. The first-order valence-electron chi connectivity index (χ1n) is 12.0. The smallest absolute Gasteiger partial charge is 0.266 e. The Kier molecular flexibility index (Phi) is 6.99. The minimum absolute atomic E-state index is 0.0476. The summed E-state index contributed by atoms with van der Waals surface area (Å²) in [6.45, 7) is 5.98. The van der Waals surface area contributed by atoms with Crippen molar-refractivity contribution < 1.29 is 17.9 Å². The molecule has 2 saturated heterocycles. The number of para-hydroxylation sites is 1. The zero-order valence-electron chi connectivity index (χ0n) is 20.7. The third-order valence-electron chi connectivity index (χ3n) is 6.26. The van der Waals surface area contributed by atoms with Gasteiger partial charge < -0.3 is 4.74 Å². The first kappa shape index (κ1) is 25.7. The van der Waals surface area contributed by atoms with Gasteiger partial charge in [-0.15, -0.1) is 0 Å². The van der Waals surface area contributed by atoms with Gasteiger partial charge >= 0.3 is 0 Å². The lowest BCUT2D eigenvalue weighted by Gasteiger charge is -2.20. The van der Waals surface area contributed by atoms with Crippen molar-refractivity contribution in [2.24, 2.45) is 0 Å². The molecule has 3 heterocycles. The second-order valence-electron chi connectivity index (χ2n) is 9.47. The molecule has 0 unspecified atom stereocenters. The number of nitrogens with zero attached hydrogens (tertiary/aromatic N) is 3. The summed E-state index contributed by atoms with van der Waals surface area (Å²) in [5.41, 5.74) is 4.26. The lowest BCUT2D eigenvalue weighted by Crippen LogP contribution is -2.39. The molecule has 2 aromatic carbocycles. The van der Waals surface area contributed by atoms with Crippen LogP contribution in [-0.4, -0.2) is 57.0 Å². The van der Waals surface area contributed by atoms with Crippen molar-refractivity contribution in [1.29, 1.82) is 0 Å². The topological polar surface area (TPSA) is 81.5 Å². The number of thiocarbonyl (C=S) groups is 1. The van der Waals surface area contributed by atoms with Crippen molar-refractivity contribution >= 4 is 50.1 Å². The van der Waals surface area contributed by atoms with Gasteiger partial charge in [0.05, 0.1) is 34.2 Å². The number of thioether (sulfide) groups is 1. The van der Waals surface area contributed by atoms with Crippen molar-refractivity contribution in [3.05, 3.63) is 70.8 Å². The summed E-state index contributed by atoms with van der Waals surface area (Å²) in [6.07, 6.45) is 4.17. The van der Waals surface area contributed by atoms with E-state index < -0.39 is 15.9 Å². The van der Waals surface area contributed by atoms with Gasteiger partial charge in [-0.2, -0.15) is 5.10 Å². The van der Waals surface area contributed by atoms with Crippen molar-refractivity contribution in [2.45, 2.75) is 39.3 Å². The van der Waals surface area contributed by atoms with E-state index >= 15 is 0 Å². The molecule has 0 N–H and O–H groups in total. The molecule has 2 aliphatic heterocycles. The highest BCUT2D eigenvalue weighted by atomic mass is 32.2. The molecule has 0 saturated carbocycles. The largest absolute Gasteiger partial charge is 0.491 e. The number of carbonyl (C=O) groups is 1. The molecule has 1 aromatic heterocycles. The molecule has 192 valence electrons. The number of amides is 1. The molecular formula is C27H27N3O4S3. The maximum Gasteiger partial charge on any atom is 0.266 e. The summed E-state index contributed by atoms with van der Waals surface area (Å²) in [6, 6.07) is 15.3. The third-order valence-corrected chi connectivity index (χ3v) is 9.34. The van der Waals surface area contributed by atoms with Gasteiger partial charge in [0.1, 0.15) is 15.8 Å². The van der Waals surface area contributed by atoms with Crippen LogP contribution >= 0.6 is 24.0 Å². The Labute approximate surface area is 226 Å². The van der Waals surface area contributed by atoms with E-state index in [1.165, 1.54) is 16.7 Å². The Hall–Kier alpha value is -2.95. The first-order chi connectivity index (χ1) is 17.6. The van der Waals surface area contributed by atoms with E-state index in [1.807, 2.05) is 75.5 Å². The number of hydrogen-bond acceptors (Lipinski definition) is 7. The van der Waals surface area contributed by atoms with Crippen LogP contribution in [0.1, 0.15) is 31.4 Å². The number of aromatic nitrogens is 2. The van der Waals surface area contributed by atoms with Crippen LogP contribution in [0.25, 0.3) is 23.0 Å². The molecule has 2 aliphatic rings. The summed E-state index contributed by atoms with van der Waals surface area (Å²) >= 11 is 6.70. The highest BCUT2D eigenvalue weighted by molar-refractivity contribution is 8.26. The van der Waals surface area contributed by atoms with E-state index in [4.69, 9.17) is 22.1 Å². The second kappa shape index (κ2) is 10.1. The SMILES string of the molecule is Cc1cc(-c2nn(-c3ccccc3)cc2/C=C2/SC(=S)N([C@@H]3CCS(=O)(=O)C3)C2=O)ccc1OC(C)C. The van der Waals surface area contributed by atoms with E-state index in [2.05, 4.69) is 0 Å². The van der Waals surface area contributed by atoms with E-state index in [0.29, 0.717) is 15.6 Å². The average Bonchev–Trinajstić information content (AvgIpc) is 3.51. The van der Waals surface area contributed by atoms with Crippen LogP contribution in [0.5, 0.6) is 5.75 Å². The summed E-state index contributed by atoms with van der Waals surface area (Å²) in [5, 5.41) is 4.87. The molecular weight excluding hydrogens is 527 g/mol. The average molecular weight is 554 g/mol. The first-order valence-corrected chi connectivity index (χ1v) is 15.1. The number of carbonyl (C=O) groups excluding carboxylic acids is 1. The van der Waals surface area contributed by atoms with Crippen LogP contribution in [0, 0.1) is 6.92 Å². The van der Waals surface area contributed by atoms with Crippen molar-refractivity contribution in [3.63, 3.8) is 0 Å². The number of benzene rings is 2. The number of aryl methyl sites for hydroxylation is 1. The summed E-state index contributed by atoms with van der Waals surface area (Å²) in [4.78, 5) is 15.3. The van der Waals surface area contributed by atoms with E-state index in [0.717, 1.165) is 33.8 Å². The number of hydrogen-bond donors (Lipinski definition) is 0. The lowest BCUT2D eigenvalue weighted by molar-refractivity contribution is -0.123. The Balaban J connectivity index is 1.54. The predicted molar refractivity (Wildman–Crippen MR) is 152 cm³/mol. The van der Waals surface area contributed by atoms with Gasteiger partial charge in [0.15, 0.2) is 9.84 Å². The van der Waals surface area contributed by atoms with Gasteiger partial charge in [-0.25, -0.2) is 13.1 Å². The van der Waals surface area contributed by atoms with Crippen LogP contribution < -0.4 is 4.74 Å². The fourth-order valence-corrected chi connectivity index (χ4v) is 7.62. The van der Waals surface area contributed by atoms with Crippen molar-refractivity contribution in [1.82, 2.24) is 14.7 Å². The lowest BCUT2D eigenvalue weighted by atomic mass is 10.0. The molecule has 0 aliphatic carbocycles. The summed E-state index contributed by atoms with van der Waals surface area (Å²) < 4.78 is 32.1. The van der Waals surface area contributed by atoms with Crippen LogP contribution in [0.3, 0.4) is 0 Å². The summed E-state index contributed by atoms with van der Waals surface area (Å²) in [5.74, 6) is 0.591. The fourth-order valence-electron chi connectivity index (χ4n) is 4.53. The van der Waals surface area contributed by atoms with Gasteiger partial charge in [-0.3, -0.25) is 9.69 Å². The maximum absolute atomic E-state index is 13.4. The zero-order chi connectivity index (χ0) is 26.3. The van der Waals surface area contributed by atoms with Gasteiger partial charge in [0.2, 0.25) is 0 Å². The summed E-state index contributed by atoms with van der Waals surface area (Å²) in [7, 11) is -3.15. The van der Waals surface area contributed by atoms with Gasteiger partial charge in [0.25, 0.3) is 5.91 Å². The fraction of sp³-hybridized carbons (Fsp3) is 0.296. The Morgan fingerprint density at radius 2 is 1.95 bits per heavy atom. The zero-order valence-corrected chi connectivity index (χ0v) is 23.2. The highest BCUT2D eigenvalue weighted by Crippen LogP contribution is 2.38. The molecule has 1 atom stereocenters. The van der Waals surface area contributed by atoms with Crippen molar-refractivity contribution in [3.8, 4) is 22.7 Å². The normalized spacial score (nSPS) is 20.4. The Morgan fingerprint density at radius 3 is 2.59 bits per heavy atom. The highest BCUT2D eigenvalue weighted by Gasteiger charge is 2.42. The van der Waals surface area contributed by atoms with E-state index in [9.17, 15) is 13.2 Å². The standard InChI is InChI=1S/C27H27N3O4S3/c1-17(2)34-23-10-9-19(13-18(23)3)25-20(15-29(28-25)21-7-5-4-6-8-21)14-24-26(31)30(27(35)36-24)22-11-12-37(32,33)16-22/h4-10,13-15,17,22H,11-12,16H2,1-3H3/b24-14+/t22-/m1/s1. The number of sulfone groups is 1. The van der Waals surface area contributed by atoms with Crippen molar-refractivity contribution in [2.75, 3.05) is 11.5 Å². The minimum atomic E-state index is -3.15. The molecule has 7 nitrogen and oxygen atoms in total. The molecule has 1 amide bonds. The molecule has 0 bridgehead atoms. The molecule has 3 aromatic rings. The quantitative estimate of drug-likeness (QED) is 0.313. The predicted octanol–water partition coefficient (Wildman–Crippen LogP) is 5.02. The van der Waals surface area contributed by atoms with Gasteiger partial charge in [-0.05, 0) is 69.2 Å². The second-order valence-corrected chi connectivity index (χ2v) is 13.4. The van der Waals surface area contributed by atoms with Gasteiger partial charge in [0, 0.05) is 17.3 Å². The molecule has 2 fully saturated rings.